The van der Waals surface area contributed by atoms with E-state index >= 15 is 0 Å². The summed E-state index contributed by atoms with van der Waals surface area (Å²) in [5.41, 5.74) is 0.810. The number of nitrogens with zero attached hydrogens (tertiary/aromatic N) is 1. The highest BCUT2D eigenvalue weighted by molar-refractivity contribution is 9.10. The molecule has 0 radical (unpaired) electrons. The smallest absolute Gasteiger partial charge is 0.327 e. The summed E-state index contributed by atoms with van der Waals surface area (Å²) in [6, 6.07) is 4.98. The van der Waals surface area contributed by atoms with E-state index in [0.29, 0.717) is 5.02 Å². The van der Waals surface area contributed by atoms with Crippen molar-refractivity contribution in [2.24, 2.45) is 0 Å². The van der Waals surface area contributed by atoms with Crippen molar-refractivity contribution in [2.75, 3.05) is 21.2 Å². The third kappa shape index (κ3) is 2.97. The molecule has 88 valence electrons. The van der Waals surface area contributed by atoms with Gasteiger partial charge in [0.15, 0.2) is 0 Å². The second-order valence-electron chi connectivity index (χ2n) is 3.56. The van der Waals surface area contributed by atoms with Crippen LogP contribution < -0.4 is 0 Å². The Morgan fingerprint density at radius 2 is 2.12 bits per heavy atom. The van der Waals surface area contributed by atoms with Crippen LogP contribution in [-0.4, -0.2) is 32.1 Å². The molecule has 0 bridgehead atoms. The van der Waals surface area contributed by atoms with Crippen LogP contribution >= 0.6 is 27.5 Å². The number of rotatable bonds is 3. The fraction of sp³-hybridized carbons (Fsp3) is 0.364. The van der Waals surface area contributed by atoms with E-state index in [0.717, 1.165) is 10.0 Å². The van der Waals surface area contributed by atoms with Crippen molar-refractivity contribution >= 4 is 33.5 Å². The molecule has 0 heterocycles. The molecule has 0 saturated heterocycles. The summed E-state index contributed by atoms with van der Waals surface area (Å²) in [5, 5.41) is 0.577. The molecule has 1 aromatic carbocycles. The second-order valence-corrected chi connectivity index (χ2v) is 4.82. The molecule has 16 heavy (non-hydrogen) atoms. The molecular formula is C11H13BrClNO2. The Bertz CT molecular complexity index is 396. The molecule has 1 aromatic rings. The maximum atomic E-state index is 11.6. The predicted molar refractivity (Wildman–Crippen MR) is 67.6 cm³/mol. The minimum atomic E-state index is -0.435. The lowest BCUT2D eigenvalue weighted by Crippen LogP contribution is -2.28. The third-order valence-electron chi connectivity index (χ3n) is 2.20. The van der Waals surface area contributed by atoms with Crippen LogP contribution in [0.15, 0.2) is 22.7 Å². The third-order valence-corrected chi connectivity index (χ3v) is 3.43. The molecule has 0 aromatic heterocycles. The zero-order valence-corrected chi connectivity index (χ0v) is 11.7. The van der Waals surface area contributed by atoms with Crippen molar-refractivity contribution in [1.29, 1.82) is 0 Å². The zero-order valence-electron chi connectivity index (χ0n) is 9.33. The van der Waals surface area contributed by atoms with Gasteiger partial charge in [0.25, 0.3) is 0 Å². The number of hydrogen-bond donors (Lipinski definition) is 0. The molecule has 1 unspecified atom stereocenters. The van der Waals surface area contributed by atoms with Crippen molar-refractivity contribution in [2.45, 2.75) is 6.04 Å². The molecule has 3 nitrogen and oxygen atoms in total. The highest BCUT2D eigenvalue weighted by Crippen LogP contribution is 2.28. The number of halogens is 2. The van der Waals surface area contributed by atoms with Gasteiger partial charge in [0.2, 0.25) is 0 Å². The molecule has 0 saturated carbocycles. The minimum Gasteiger partial charge on any atom is -0.468 e. The Kier molecular flexibility index (Phi) is 4.77. The molecule has 0 amide bonds. The number of hydrogen-bond acceptors (Lipinski definition) is 3. The SMILES string of the molecule is COC(=O)C(c1ccc(Br)c(Cl)c1)N(C)C. The first-order chi connectivity index (χ1) is 7.47. The number of carbonyl (C=O) groups excluding carboxylic acids is 1. The molecule has 0 N–H and O–H groups in total. The first kappa shape index (κ1) is 13.5. The van der Waals surface area contributed by atoms with Crippen LogP contribution in [0, 0.1) is 0 Å². The van der Waals surface area contributed by atoms with Crippen LogP contribution in [0.2, 0.25) is 5.02 Å². The molecule has 5 heteroatoms. The van der Waals surface area contributed by atoms with E-state index in [2.05, 4.69) is 15.9 Å². The zero-order chi connectivity index (χ0) is 12.3. The Balaban J connectivity index is 3.11. The lowest BCUT2D eigenvalue weighted by molar-refractivity contribution is -0.146. The van der Waals surface area contributed by atoms with Gasteiger partial charge in [-0.05, 0) is 47.7 Å². The van der Waals surface area contributed by atoms with E-state index < -0.39 is 6.04 Å². The number of benzene rings is 1. The second kappa shape index (κ2) is 5.66. The summed E-state index contributed by atoms with van der Waals surface area (Å²) in [5.74, 6) is -0.302. The lowest BCUT2D eigenvalue weighted by Gasteiger charge is -2.22. The van der Waals surface area contributed by atoms with Crippen LogP contribution in [-0.2, 0) is 9.53 Å². The predicted octanol–water partition coefficient (Wildman–Crippen LogP) is 2.88. The average Bonchev–Trinajstić information content (AvgIpc) is 2.22. The van der Waals surface area contributed by atoms with E-state index in [1.807, 2.05) is 26.2 Å². The molecule has 1 atom stereocenters. The van der Waals surface area contributed by atoms with E-state index in [-0.39, 0.29) is 5.97 Å². The van der Waals surface area contributed by atoms with Crippen molar-refractivity contribution in [3.8, 4) is 0 Å². The number of esters is 1. The topological polar surface area (TPSA) is 29.5 Å². The lowest BCUT2D eigenvalue weighted by atomic mass is 10.1. The summed E-state index contributed by atoms with van der Waals surface area (Å²) < 4.78 is 5.57. The molecule has 0 spiro atoms. The monoisotopic (exact) mass is 305 g/mol. The van der Waals surface area contributed by atoms with Gasteiger partial charge in [0, 0.05) is 4.47 Å². The summed E-state index contributed by atoms with van der Waals surface area (Å²) >= 11 is 9.30. The molecule has 0 aliphatic carbocycles. The Morgan fingerprint density at radius 1 is 1.50 bits per heavy atom. The van der Waals surface area contributed by atoms with E-state index in [1.54, 1.807) is 11.0 Å². The average molecular weight is 307 g/mol. The number of carbonyl (C=O) groups is 1. The van der Waals surface area contributed by atoms with Gasteiger partial charge in [-0.25, -0.2) is 4.79 Å². The molecule has 0 aliphatic heterocycles. The van der Waals surface area contributed by atoms with Gasteiger partial charge in [0.05, 0.1) is 12.1 Å². The molecular weight excluding hydrogens is 293 g/mol. The molecule has 0 aliphatic rings. The van der Waals surface area contributed by atoms with Gasteiger partial charge in [-0.3, -0.25) is 4.90 Å². The Morgan fingerprint density at radius 3 is 2.56 bits per heavy atom. The highest BCUT2D eigenvalue weighted by atomic mass is 79.9. The van der Waals surface area contributed by atoms with Crippen molar-refractivity contribution in [3.05, 3.63) is 33.3 Å². The molecule has 1 rings (SSSR count). The largest absolute Gasteiger partial charge is 0.468 e. The van der Waals surface area contributed by atoms with Crippen molar-refractivity contribution < 1.29 is 9.53 Å². The van der Waals surface area contributed by atoms with Gasteiger partial charge < -0.3 is 4.74 Å². The van der Waals surface area contributed by atoms with Crippen molar-refractivity contribution in [3.63, 3.8) is 0 Å². The Labute approximate surface area is 108 Å². The minimum absolute atomic E-state index is 0.302. The van der Waals surface area contributed by atoms with Gasteiger partial charge in [-0.15, -0.1) is 0 Å². The van der Waals surface area contributed by atoms with Gasteiger partial charge in [-0.2, -0.15) is 0 Å². The maximum Gasteiger partial charge on any atom is 0.327 e. The number of ether oxygens (including phenoxy) is 1. The van der Waals surface area contributed by atoms with Crippen molar-refractivity contribution in [1.82, 2.24) is 4.90 Å². The standard InChI is InChI=1S/C11H13BrClNO2/c1-14(2)10(11(15)16-3)7-4-5-8(12)9(13)6-7/h4-6,10H,1-3H3. The van der Waals surface area contributed by atoms with Gasteiger partial charge in [-0.1, -0.05) is 17.7 Å². The summed E-state index contributed by atoms with van der Waals surface area (Å²) in [6.07, 6.45) is 0. The van der Waals surface area contributed by atoms with E-state index in [1.165, 1.54) is 7.11 Å². The van der Waals surface area contributed by atoms with Gasteiger partial charge >= 0.3 is 5.97 Å². The summed E-state index contributed by atoms with van der Waals surface area (Å²) in [6.45, 7) is 0. The first-order valence-corrected chi connectivity index (χ1v) is 5.83. The highest BCUT2D eigenvalue weighted by Gasteiger charge is 2.24. The fourth-order valence-electron chi connectivity index (χ4n) is 1.44. The van der Waals surface area contributed by atoms with Gasteiger partial charge in [0.1, 0.15) is 6.04 Å². The van der Waals surface area contributed by atoms with Crippen LogP contribution in [0.25, 0.3) is 0 Å². The van der Waals surface area contributed by atoms with E-state index in [9.17, 15) is 4.79 Å². The number of methoxy groups -OCH3 is 1. The van der Waals surface area contributed by atoms with Crippen LogP contribution in [0.3, 0.4) is 0 Å². The Hall–Kier alpha value is -0.580. The van der Waals surface area contributed by atoms with Crippen LogP contribution in [0.4, 0.5) is 0 Å². The fourth-order valence-corrected chi connectivity index (χ4v) is 1.87. The van der Waals surface area contributed by atoms with Crippen LogP contribution in [0.1, 0.15) is 11.6 Å². The van der Waals surface area contributed by atoms with E-state index in [4.69, 9.17) is 16.3 Å². The number of likely N-dealkylation sites (N-methyl/N-ethyl adjacent to an activating group) is 1. The summed E-state index contributed by atoms with van der Waals surface area (Å²) in [7, 11) is 5.01. The summed E-state index contributed by atoms with van der Waals surface area (Å²) in [4.78, 5) is 13.4. The first-order valence-electron chi connectivity index (χ1n) is 4.66. The van der Waals surface area contributed by atoms with Crippen LogP contribution in [0.5, 0.6) is 0 Å². The maximum absolute atomic E-state index is 11.6. The molecule has 0 fully saturated rings. The normalized spacial score (nSPS) is 12.6. The quantitative estimate of drug-likeness (QED) is 0.804.